The number of nitrogens with zero attached hydrogens (tertiary/aromatic N) is 2. The number of anilines is 3. The molecule has 286 valence electrons. The Morgan fingerprint density at radius 1 is 1.25 bits per heavy atom. The standard InChI is InChI=1S/C38H48ClN5O9/c1-9-41-33-21(3)24(40)13-14-25(33)42-35(46)52-30-18-31(45)44(6)26-16-23(17-27(49-7)32(26)39)15-20(2)11-10-12-29(50-8)38(48)19-28(51-36(47)43-38)22(4)34-37(30,5)53-34/h9-14,16-17,22,28-30,34,48H,15,18-19,40H2,1-8H3,(H,42,46)(H,43,47)/b12-10+,20-11+,41-9?/t22-,28+,29-,30+,34+,37+,38+/m1/s1. The monoisotopic (exact) mass is 753 g/mol. The van der Waals surface area contributed by atoms with E-state index >= 15 is 0 Å². The third-order valence-electron chi connectivity index (χ3n) is 10.2. The van der Waals surface area contributed by atoms with Crippen LogP contribution in [-0.4, -0.2) is 86.4 Å². The van der Waals surface area contributed by atoms with Crippen molar-refractivity contribution in [3.8, 4) is 5.75 Å². The van der Waals surface area contributed by atoms with Crippen LogP contribution in [0.15, 0.2) is 53.1 Å². The SMILES string of the molecule is CC=Nc1c(NC(=O)O[C@H]2CC(=O)N(C)c3cc(cc(OC)c3Cl)C/C(C)=C/C=C/[C@@H](OC)[C@@]3(O)C[C@H](OC(=O)N3)[C@@H](C)[C@@H]3O[C@@]23C)ccc(N)c1C. The highest BCUT2D eigenvalue weighted by atomic mass is 35.5. The molecule has 0 unspecified atom stereocenters. The van der Waals surface area contributed by atoms with Gasteiger partial charge in [-0.05, 0) is 69.5 Å². The molecule has 0 aliphatic carbocycles. The maximum absolute atomic E-state index is 14.1. The van der Waals surface area contributed by atoms with E-state index in [0.717, 1.165) is 11.1 Å². The van der Waals surface area contributed by atoms with Crippen molar-refractivity contribution >= 4 is 58.7 Å². The van der Waals surface area contributed by atoms with Crippen molar-refractivity contribution < 1.29 is 43.2 Å². The number of nitrogens with one attached hydrogen (secondary N) is 2. The quantitative estimate of drug-likeness (QED) is 0.161. The van der Waals surface area contributed by atoms with Gasteiger partial charge in [-0.2, -0.15) is 0 Å². The lowest BCUT2D eigenvalue weighted by atomic mass is 9.83. The smallest absolute Gasteiger partial charge is 0.412 e. The lowest BCUT2D eigenvalue weighted by molar-refractivity contribution is -0.142. The van der Waals surface area contributed by atoms with Gasteiger partial charge >= 0.3 is 12.2 Å². The van der Waals surface area contributed by atoms with Gasteiger partial charge in [-0.1, -0.05) is 42.3 Å². The number of fused-ring (bicyclic) bond motifs is 5. The van der Waals surface area contributed by atoms with Crippen LogP contribution in [0.3, 0.4) is 0 Å². The molecule has 3 aliphatic rings. The van der Waals surface area contributed by atoms with Gasteiger partial charge in [0.1, 0.15) is 34.7 Å². The van der Waals surface area contributed by atoms with Crippen molar-refractivity contribution in [1.29, 1.82) is 0 Å². The molecule has 53 heavy (non-hydrogen) atoms. The lowest BCUT2D eigenvalue weighted by Crippen LogP contribution is -2.63. The number of nitrogens with two attached hydrogens (primary N) is 1. The summed E-state index contributed by atoms with van der Waals surface area (Å²) in [5, 5.41) is 17.2. The van der Waals surface area contributed by atoms with Crippen molar-refractivity contribution in [3.63, 3.8) is 0 Å². The minimum atomic E-state index is -1.82. The number of aliphatic imine (C=N–C) groups is 1. The largest absolute Gasteiger partial charge is 0.495 e. The van der Waals surface area contributed by atoms with E-state index in [2.05, 4.69) is 15.6 Å². The van der Waals surface area contributed by atoms with Gasteiger partial charge < -0.3 is 39.4 Å². The number of nitrogen functional groups attached to an aromatic ring is 1. The minimum absolute atomic E-state index is 0.0452. The fourth-order valence-electron chi connectivity index (χ4n) is 6.99. The maximum atomic E-state index is 14.1. The van der Waals surface area contributed by atoms with Crippen LogP contribution in [0, 0.1) is 12.8 Å². The number of amides is 3. The minimum Gasteiger partial charge on any atom is -0.495 e. The number of ether oxygens (including phenoxy) is 5. The number of rotatable bonds is 5. The van der Waals surface area contributed by atoms with E-state index in [4.69, 9.17) is 41.0 Å². The number of alkyl carbamates (subject to hydrolysis) is 1. The first-order valence-electron chi connectivity index (χ1n) is 17.3. The normalized spacial score (nSPS) is 30.7. The molecule has 7 atom stereocenters. The zero-order valence-electron chi connectivity index (χ0n) is 31.2. The van der Waals surface area contributed by atoms with E-state index in [1.165, 1.54) is 19.1 Å². The molecule has 15 heteroatoms. The molecular weight excluding hydrogens is 706 g/mol. The van der Waals surface area contributed by atoms with Gasteiger partial charge in [-0.3, -0.25) is 20.4 Å². The topological polar surface area (TPSA) is 187 Å². The number of epoxide rings is 1. The second kappa shape index (κ2) is 15.8. The summed E-state index contributed by atoms with van der Waals surface area (Å²) in [5.74, 6) is -0.572. The number of carbonyl (C=O) groups is 3. The van der Waals surface area contributed by atoms with Crippen LogP contribution < -0.4 is 26.0 Å². The predicted octanol–water partition coefficient (Wildman–Crippen LogP) is 5.99. The highest BCUT2D eigenvalue weighted by molar-refractivity contribution is 6.35. The number of allylic oxidation sites excluding steroid dienone is 3. The fourth-order valence-corrected chi connectivity index (χ4v) is 7.30. The van der Waals surface area contributed by atoms with E-state index in [0.29, 0.717) is 40.5 Å². The number of hydrogen-bond donors (Lipinski definition) is 4. The molecule has 0 aromatic heterocycles. The van der Waals surface area contributed by atoms with Gasteiger partial charge in [-0.15, -0.1) is 0 Å². The third-order valence-corrected chi connectivity index (χ3v) is 10.5. The molecule has 3 heterocycles. The number of carbonyl (C=O) groups excluding carboxylic acids is 3. The summed E-state index contributed by atoms with van der Waals surface area (Å²) in [7, 11) is 4.51. The Kier molecular flexibility index (Phi) is 11.8. The predicted molar refractivity (Wildman–Crippen MR) is 202 cm³/mol. The summed E-state index contributed by atoms with van der Waals surface area (Å²) in [4.78, 5) is 46.4. The van der Waals surface area contributed by atoms with Crippen LogP contribution in [0.4, 0.5) is 32.3 Å². The van der Waals surface area contributed by atoms with E-state index in [9.17, 15) is 19.5 Å². The van der Waals surface area contributed by atoms with E-state index in [1.807, 2.05) is 13.0 Å². The van der Waals surface area contributed by atoms with E-state index in [1.54, 1.807) is 77.4 Å². The number of aliphatic hydroxyl groups is 1. The Balaban J connectivity index is 1.55. The summed E-state index contributed by atoms with van der Waals surface area (Å²) in [6.45, 7) is 8.98. The molecule has 0 saturated carbocycles. The molecule has 2 fully saturated rings. The number of hydrogen-bond acceptors (Lipinski definition) is 11. The first-order chi connectivity index (χ1) is 25.0. The van der Waals surface area contributed by atoms with Crippen LogP contribution in [0.25, 0.3) is 0 Å². The average molecular weight is 754 g/mol. The molecule has 2 saturated heterocycles. The molecule has 2 aromatic carbocycles. The van der Waals surface area contributed by atoms with Crippen molar-refractivity contribution in [2.24, 2.45) is 10.9 Å². The molecule has 3 aliphatic heterocycles. The number of benzene rings is 2. The molecule has 0 spiro atoms. The van der Waals surface area contributed by atoms with Gasteiger partial charge in [-0.25, -0.2) is 9.59 Å². The van der Waals surface area contributed by atoms with Crippen LogP contribution in [0.2, 0.25) is 5.02 Å². The molecule has 0 radical (unpaired) electrons. The Hall–Kier alpha value is -4.63. The summed E-state index contributed by atoms with van der Waals surface area (Å²) < 4.78 is 29.2. The van der Waals surface area contributed by atoms with Gasteiger partial charge in [0, 0.05) is 38.4 Å². The first-order valence-corrected chi connectivity index (χ1v) is 17.7. The lowest BCUT2D eigenvalue weighted by Gasteiger charge is -2.42. The van der Waals surface area contributed by atoms with Crippen LogP contribution in [-0.2, 0) is 30.2 Å². The molecule has 2 aromatic rings. The van der Waals surface area contributed by atoms with Crippen molar-refractivity contribution in [3.05, 3.63) is 64.2 Å². The summed E-state index contributed by atoms with van der Waals surface area (Å²) in [6.07, 6.45) is 1.71. The van der Waals surface area contributed by atoms with E-state index < -0.39 is 59.8 Å². The van der Waals surface area contributed by atoms with Crippen molar-refractivity contribution in [1.82, 2.24) is 5.32 Å². The Morgan fingerprint density at radius 3 is 2.66 bits per heavy atom. The molecule has 5 rings (SSSR count). The molecule has 14 nitrogen and oxygen atoms in total. The van der Waals surface area contributed by atoms with Crippen LogP contribution in [0.1, 0.15) is 51.7 Å². The van der Waals surface area contributed by atoms with Crippen molar-refractivity contribution in [2.45, 2.75) is 89.6 Å². The summed E-state index contributed by atoms with van der Waals surface area (Å²) in [5.41, 5.74) is 7.18. The Morgan fingerprint density at radius 2 is 1.98 bits per heavy atom. The summed E-state index contributed by atoms with van der Waals surface area (Å²) >= 11 is 6.77. The van der Waals surface area contributed by atoms with Gasteiger partial charge in [0.25, 0.3) is 0 Å². The van der Waals surface area contributed by atoms with Gasteiger partial charge in [0.15, 0.2) is 5.72 Å². The first kappa shape index (κ1) is 39.6. The van der Waals surface area contributed by atoms with E-state index in [-0.39, 0.29) is 17.9 Å². The van der Waals surface area contributed by atoms with Crippen LogP contribution >= 0.6 is 11.6 Å². The van der Waals surface area contributed by atoms with Crippen molar-refractivity contribution in [2.75, 3.05) is 37.2 Å². The maximum Gasteiger partial charge on any atom is 0.412 e. The zero-order chi connectivity index (χ0) is 38.8. The molecule has 5 N–H and O–H groups in total. The summed E-state index contributed by atoms with van der Waals surface area (Å²) in [6, 6.07) is 6.86. The number of halogens is 1. The second-order valence-corrected chi connectivity index (χ2v) is 14.3. The Bertz CT molecular complexity index is 1850. The van der Waals surface area contributed by atoms with Crippen LogP contribution in [0.5, 0.6) is 5.75 Å². The third kappa shape index (κ3) is 8.30. The average Bonchev–Trinajstić information content (AvgIpc) is 3.80. The molecular formula is C38H48ClN5O9. The van der Waals surface area contributed by atoms with Gasteiger partial charge in [0.2, 0.25) is 5.91 Å². The fraction of sp³-hybridized carbons (Fsp3) is 0.474. The molecule has 3 amide bonds. The van der Waals surface area contributed by atoms with Gasteiger partial charge in [0.05, 0.1) is 36.7 Å². The highest BCUT2D eigenvalue weighted by Crippen LogP contribution is 2.49. The highest BCUT2D eigenvalue weighted by Gasteiger charge is 2.64. The second-order valence-electron chi connectivity index (χ2n) is 13.9. The zero-order valence-corrected chi connectivity index (χ0v) is 31.9. The molecule has 4 bridgehead atoms. The number of methoxy groups -OCH3 is 2. The Labute approximate surface area is 314 Å².